The summed E-state index contributed by atoms with van der Waals surface area (Å²) < 4.78 is 0. The summed E-state index contributed by atoms with van der Waals surface area (Å²) in [6, 6.07) is 12.6. The maximum absolute atomic E-state index is 10.6. The minimum Gasteiger partial charge on any atom is -0.312 e. The van der Waals surface area contributed by atoms with Gasteiger partial charge in [-0.15, -0.1) is 0 Å². The van der Waals surface area contributed by atoms with Crippen LogP contribution in [0.1, 0.15) is 38.8 Å². The maximum Gasteiger partial charge on any atom is 0.0668 e. The van der Waals surface area contributed by atoms with Crippen LogP contribution in [0.4, 0.5) is 0 Å². The molecule has 0 radical (unpaired) electrons. The van der Waals surface area contributed by atoms with Crippen molar-refractivity contribution >= 4 is 10.8 Å². The molecular weight excluding hydrogens is 222 g/mol. The van der Waals surface area contributed by atoms with E-state index in [1.807, 2.05) is 0 Å². The van der Waals surface area contributed by atoms with Gasteiger partial charge in [0.2, 0.25) is 0 Å². The molecule has 2 nitrogen and oxygen atoms in total. The molecule has 0 aromatic heterocycles. The number of hydrogen-bond donors (Lipinski definition) is 1. The predicted molar refractivity (Wildman–Crippen MR) is 73.6 cm³/mol. The fourth-order valence-corrected chi connectivity index (χ4v) is 3.29. The van der Waals surface area contributed by atoms with Gasteiger partial charge in [0.15, 0.2) is 0 Å². The summed E-state index contributed by atoms with van der Waals surface area (Å²) >= 11 is 0. The molecule has 1 aliphatic heterocycles. The van der Waals surface area contributed by atoms with E-state index in [0.29, 0.717) is 0 Å². The summed E-state index contributed by atoms with van der Waals surface area (Å²) in [7, 11) is 0. The highest BCUT2D eigenvalue weighted by Gasteiger charge is 2.45. The Hall–Kier alpha value is -1.38. The van der Waals surface area contributed by atoms with Crippen molar-refractivity contribution < 1.29 is 5.21 Å². The van der Waals surface area contributed by atoms with E-state index in [1.165, 1.54) is 27.0 Å². The van der Waals surface area contributed by atoms with Crippen LogP contribution in [-0.2, 0) is 11.1 Å². The van der Waals surface area contributed by atoms with Crippen molar-refractivity contribution in [2.45, 2.75) is 38.8 Å². The van der Waals surface area contributed by atoms with E-state index in [2.05, 4.69) is 64.1 Å². The van der Waals surface area contributed by atoms with Gasteiger partial charge < -0.3 is 5.21 Å². The Kier molecular flexibility index (Phi) is 2.17. The van der Waals surface area contributed by atoms with Crippen LogP contribution >= 0.6 is 0 Å². The van der Waals surface area contributed by atoms with Crippen LogP contribution in [0.15, 0.2) is 36.4 Å². The Morgan fingerprint density at radius 3 is 1.72 bits per heavy atom. The van der Waals surface area contributed by atoms with Crippen LogP contribution in [0.25, 0.3) is 10.8 Å². The summed E-state index contributed by atoms with van der Waals surface area (Å²) in [5.74, 6) is 0. The third-order valence-electron chi connectivity index (χ3n) is 4.28. The highest BCUT2D eigenvalue weighted by molar-refractivity contribution is 5.91. The molecule has 0 aliphatic carbocycles. The van der Waals surface area contributed by atoms with Crippen LogP contribution in [0.2, 0.25) is 0 Å². The van der Waals surface area contributed by atoms with Crippen molar-refractivity contribution in [2.24, 2.45) is 0 Å². The standard InChI is InChI=1S/C16H19NO/c1-15(2)12-9-5-7-11-8-6-10-13(14(11)12)16(3,4)17(15)18/h5-10,18H,1-4H3. The van der Waals surface area contributed by atoms with Crippen LogP contribution in [-0.4, -0.2) is 10.3 Å². The quantitative estimate of drug-likeness (QED) is 0.753. The second-order valence-electron chi connectivity index (χ2n) is 6.14. The lowest BCUT2D eigenvalue weighted by Crippen LogP contribution is -2.52. The van der Waals surface area contributed by atoms with E-state index in [0.717, 1.165) is 0 Å². The Balaban J connectivity index is 2.52. The number of benzene rings is 2. The first-order valence-electron chi connectivity index (χ1n) is 6.39. The molecule has 0 fully saturated rings. The van der Waals surface area contributed by atoms with E-state index in [-0.39, 0.29) is 11.1 Å². The van der Waals surface area contributed by atoms with Crippen molar-refractivity contribution in [1.29, 1.82) is 0 Å². The molecular formula is C16H19NO. The number of rotatable bonds is 0. The van der Waals surface area contributed by atoms with Gasteiger partial charge in [0.05, 0.1) is 11.1 Å². The first kappa shape index (κ1) is 11.7. The average Bonchev–Trinajstić information content (AvgIpc) is 2.34. The van der Waals surface area contributed by atoms with Crippen molar-refractivity contribution in [3.63, 3.8) is 0 Å². The minimum atomic E-state index is -0.378. The van der Waals surface area contributed by atoms with Crippen LogP contribution in [0, 0.1) is 0 Å². The fourth-order valence-electron chi connectivity index (χ4n) is 3.29. The van der Waals surface area contributed by atoms with Gasteiger partial charge in [0, 0.05) is 0 Å². The Morgan fingerprint density at radius 2 is 1.28 bits per heavy atom. The number of hydroxylamine groups is 2. The number of hydrogen-bond acceptors (Lipinski definition) is 2. The minimum absolute atomic E-state index is 0.378. The molecule has 18 heavy (non-hydrogen) atoms. The van der Waals surface area contributed by atoms with Crippen LogP contribution in [0.5, 0.6) is 0 Å². The van der Waals surface area contributed by atoms with E-state index in [1.54, 1.807) is 0 Å². The normalized spacial score (nSPS) is 21.2. The fraction of sp³-hybridized carbons (Fsp3) is 0.375. The summed E-state index contributed by atoms with van der Waals surface area (Å²) in [4.78, 5) is 0. The summed E-state index contributed by atoms with van der Waals surface area (Å²) in [5, 5.41) is 14.6. The average molecular weight is 241 g/mol. The molecule has 0 spiro atoms. The SMILES string of the molecule is CC1(C)c2cccc3cccc(c23)C(C)(C)N1O. The van der Waals surface area contributed by atoms with Gasteiger partial charge in [-0.05, 0) is 49.6 Å². The maximum atomic E-state index is 10.6. The van der Waals surface area contributed by atoms with Gasteiger partial charge in [-0.3, -0.25) is 0 Å². The van der Waals surface area contributed by atoms with E-state index < -0.39 is 0 Å². The molecule has 0 unspecified atom stereocenters. The zero-order valence-corrected chi connectivity index (χ0v) is 11.4. The molecule has 2 heteroatoms. The lowest BCUT2D eigenvalue weighted by Gasteiger charge is -2.49. The van der Waals surface area contributed by atoms with Crippen molar-refractivity contribution in [1.82, 2.24) is 5.06 Å². The topological polar surface area (TPSA) is 23.5 Å². The molecule has 1 aliphatic rings. The van der Waals surface area contributed by atoms with Gasteiger partial charge in [0.25, 0.3) is 0 Å². The largest absolute Gasteiger partial charge is 0.312 e. The molecule has 0 saturated carbocycles. The molecule has 1 heterocycles. The van der Waals surface area contributed by atoms with Gasteiger partial charge in [0.1, 0.15) is 0 Å². The predicted octanol–water partition coefficient (Wildman–Crippen LogP) is 4.01. The second-order valence-corrected chi connectivity index (χ2v) is 6.14. The van der Waals surface area contributed by atoms with Crippen LogP contribution < -0.4 is 0 Å². The van der Waals surface area contributed by atoms with Crippen molar-refractivity contribution in [3.8, 4) is 0 Å². The monoisotopic (exact) mass is 241 g/mol. The molecule has 3 rings (SSSR count). The third kappa shape index (κ3) is 1.25. The van der Waals surface area contributed by atoms with E-state index in [4.69, 9.17) is 0 Å². The lowest BCUT2D eigenvalue weighted by atomic mass is 9.75. The zero-order chi connectivity index (χ0) is 13.1. The van der Waals surface area contributed by atoms with Gasteiger partial charge in [-0.2, -0.15) is 5.06 Å². The molecule has 94 valence electrons. The summed E-state index contributed by atoms with van der Waals surface area (Å²) in [6.45, 7) is 8.28. The van der Waals surface area contributed by atoms with Gasteiger partial charge >= 0.3 is 0 Å². The molecule has 0 bridgehead atoms. The lowest BCUT2D eigenvalue weighted by molar-refractivity contribution is -0.234. The number of nitrogens with zero attached hydrogens (tertiary/aromatic N) is 1. The summed E-state index contributed by atoms with van der Waals surface area (Å²) in [6.07, 6.45) is 0. The summed E-state index contributed by atoms with van der Waals surface area (Å²) in [5.41, 5.74) is 1.63. The first-order valence-corrected chi connectivity index (χ1v) is 6.39. The highest BCUT2D eigenvalue weighted by Crippen LogP contribution is 2.47. The molecule has 1 N–H and O–H groups in total. The molecule has 2 aromatic rings. The molecule has 2 aromatic carbocycles. The van der Waals surface area contributed by atoms with Crippen molar-refractivity contribution in [3.05, 3.63) is 47.5 Å². The molecule has 0 saturated heterocycles. The zero-order valence-electron chi connectivity index (χ0n) is 11.4. The first-order chi connectivity index (χ1) is 8.37. The second kappa shape index (κ2) is 3.34. The van der Waals surface area contributed by atoms with E-state index >= 15 is 0 Å². The Labute approximate surface area is 108 Å². The van der Waals surface area contributed by atoms with Gasteiger partial charge in [-0.1, -0.05) is 36.4 Å². The highest BCUT2D eigenvalue weighted by atomic mass is 16.5. The van der Waals surface area contributed by atoms with Crippen molar-refractivity contribution in [2.75, 3.05) is 0 Å². The Bertz CT molecular complexity index is 577. The third-order valence-corrected chi connectivity index (χ3v) is 4.28. The van der Waals surface area contributed by atoms with E-state index in [9.17, 15) is 5.21 Å². The molecule has 0 amide bonds. The molecule has 0 atom stereocenters. The smallest absolute Gasteiger partial charge is 0.0668 e. The van der Waals surface area contributed by atoms with Crippen LogP contribution in [0.3, 0.4) is 0 Å². The van der Waals surface area contributed by atoms with Gasteiger partial charge in [-0.25, -0.2) is 0 Å². The Morgan fingerprint density at radius 1 is 0.833 bits per heavy atom.